The summed E-state index contributed by atoms with van der Waals surface area (Å²) in [6, 6.07) is 0. The van der Waals surface area contributed by atoms with Crippen LogP contribution in [0.2, 0.25) is 5.15 Å². The zero-order chi connectivity index (χ0) is 12.3. The first-order valence-corrected chi connectivity index (χ1v) is 6.58. The minimum atomic E-state index is 0.486. The summed E-state index contributed by atoms with van der Waals surface area (Å²) in [5, 5.41) is 5.63. The molecule has 0 aliphatic rings. The van der Waals surface area contributed by atoms with E-state index in [2.05, 4.69) is 15.1 Å². The summed E-state index contributed by atoms with van der Waals surface area (Å²) in [4.78, 5) is 8.20. The van der Waals surface area contributed by atoms with Gasteiger partial charge in [0, 0.05) is 25.0 Å². The molecule has 0 saturated carbocycles. The van der Waals surface area contributed by atoms with Crippen molar-refractivity contribution in [1.82, 2.24) is 19.6 Å². The van der Waals surface area contributed by atoms with E-state index in [-0.39, 0.29) is 0 Å². The number of methoxy groups -OCH3 is 1. The number of hydrogen-bond acceptors (Lipinski definition) is 5. The van der Waals surface area contributed by atoms with Crippen LogP contribution in [0.5, 0.6) is 0 Å². The molecule has 0 fully saturated rings. The van der Waals surface area contributed by atoms with Crippen molar-refractivity contribution in [2.24, 2.45) is 0 Å². The SMILES string of the molecule is COCCCSc1c(C)c(Cl)nc2ncnn12. The van der Waals surface area contributed by atoms with Gasteiger partial charge in [-0.3, -0.25) is 0 Å². The van der Waals surface area contributed by atoms with Crippen LogP contribution in [0.15, 0.2) is 11.4 Å². The Morgan fingerprint density at radius 2 is 2.35 bits per heavy atom. The van der Waals surface area contributed by atoms with Crippen molar-refractivity contribution in [2.75, 3.05) is 19.5 Å². The lowest BCUT2D eigenvalue weighted by atomic mass is 10.4. The zero-order valence-corrected chi connectivity index (χ0v) is 11.3. The Bertz CT molecular complexity index is 516. The summed E-state index contributed by atoms with van der Waals surface area (Å²) >= 11 is 7.75. The van der Waals surface area contributed by atoms with Crippen molar-refractivity contribution in [3.63, 3.8) is 0 Å². The average molecular weight is 273 g/mol. The van der Waals surface area contributed by atoms with Crippen molar-refractivity contribution in [3.05, 3.63) is 17.0 Å². The van der Waals surface area contributed by atoms with Gasteiger partial charge in [-0.1, -0.05) is 11.6 Å². The molecule has 0 atom stereocenters. The molecule has 2 aromatic rings. The van der Waals surface area contributed by atoms with Crippen LogP contribution in [-0.4, -0.2) is 39.1 Å². The van der Waals surface area contributed by atoms with Gasteiger partial charge in [-0.2, -0.15) is 19.6 Å². The third kappa shape index (κ3) is 2.70. The van der Waals surface area contributed by atoms with Gasteiger partial charge in [-0.25, -0.2) is 0 Å². The maximum atomic E-state index is 6.06. The molecule has 0 radical (unpaired) electrons. The van der Waals surface area contributed by atoms with E-state index in [0.717, 1.165) is 29.4 Å². The highest BCUT2D eigenvalue weighted by molar-refractivity contribution is 7.99. The first-order valence-electron chi connectivity index (χ1n) is 5.21. The Balaban J connectivity index is 2.24. The quantitative estimate of drug-likeness (QED) is 0.475. The topological polar surface area (TPSA) is 52.3 Å². The highest BCUT2D eigenvalue weighted by atomic mass is 35.5. The van der Waals surface area contributed by atoms with E-state index in [9.17, 15) is 0 Å². The fraction of sp³-hybridized carbons (Fsp3) is 0.500. The molecule has 92 valence electrons. The van der Waals surface area contributed by atoms with E-state index in [0.29, 0.717) is 10.9 Å². The highest BCUT2D eigenvalue weighted by Gasteiger charge is 2.12. The molecule has 0 aromatic carbocycles. The van der Waals surface area contributed by atoms with E-state index in [1.807, 2.05) is 6.92 Å². The molecule has 2 heterocycles. The molecule has 0 unspecified atom stereocenters. The molecule has 17 heavy (non-hydrogen) atoms. The highest BCUT2D eigenvalue weighted by Crippen LogP contribution is 2.27. The lowest BCUT2D eigenvalue weighted by Gasteiger charge is -2.08. The summed E-state index contributed by atoms with van der Waals surface area (Å²) in [7, 11) is 1.70. The number of ether oxygens (including phenoxy) is 1. The third-order valence-electron chi connectivity index (χ3n) is 2.28. The summed E-state index contributed by atoms with van der Waals surface area (Å²) in [6.45, 7) is 2.69. The Morgan fingerprint density at radius 3 is 3.12 bits per heavy atom. The van der Waals surface area contributed by atoms with Crippen molar-refractivity contribution >= 4 is 29.1 Å². The van der Waals surface area contributed by atoms with Gasteiger partial charge >= 0.3 is 0 Å². The maximum Gasteiger partial charge on any atom is 0.254 e. The molecule has 5 nitrogen and oxygen atoms in total. The lowest BCUT2D eigenvalue weighted by molar-refractivity contribution is 0.200. The molecule has 0 N–H and O–H groups in total. The number of thioether (sulfide) groups is 1. The number of hydrogen-bond donors (Lipinski definition) is 0. The number of rotatable bonds is 5. The predicted molar refractivity (Wildman–Crippen MR) is 67.7 cm³/mol. The van der Waals surface area contributed by atoms with E-state index < -0.39 is 0 Å². The molecule has 0 amide bonds. The van der Waals surface area contributed by atoms with Crippen molar-refractivity contribution in [1.29, 1.82) is 0 Å². The molecular formula is C10H13ClN4OS. The van der Waals surface area contributed by atoms with Gasteiger partial charge in [0.15, 0.2) is 0 Å². The predicted octanol–water partition coefficient (Wildman–Crippen LogP) is 2.21. The van der Waals surface area contributed by atoms with Crippen LogP contribution in [-0.2, 0) is 4.74 Å². The molecule has 0 bridgehead atoms. The van der Waals surface area contributed by atoms with Crippen LogP contribution in [0, 0.1) is 6.92 Å². The van der Waals surface area contributed by atoms with Crippen LogP contribution in [0.1, 0.15) is 12.0 Å². The monoisotopic (exact) mass is 272 g/mol. The van der Waals surface area contributed by atoms with E-state index in [4.69, 9.17) is 16.3 Å². The first kappa shape index (κ1) is 12.6. The second kappa shape index (κ2) is 5.66. The second-order valence-corrected chi connectivity index (χ2v) is 4.94. The number of aromatic nitrogens is 4. The number of halogens is 1. The van der Waals surface area contributed by atoms with Gasteiger partial charge in [0.05, 0.1) is 0 Å². The number of fused-ring (bicyclic) bond motifs is 1. The Kier molecular flexibility index (Phi) is 4.20. The van der Waals surface area contributed by atoms with Crippen molar-refractivity contribution < 1.29 is 4.74 Å². The smallest absolute Gasteiger partial charge is 0.254 e. The van der Waals surface area contributed by atoms with Gasteiger partial charge in [0.25, 0.3) is 5.78 Å². The fourth-order valence-corrected chi connectivity index (χ4v) is 2.66. The van der Waals surface area contributed by atoms with Gasteiger partial charge in [-0.15, -0.1) is 11.8 Å². The summed E-state index contributed by atoms with van der Waals surface area (Å²) in [5.41, 5.74) is 0.937. The standard InChI is InChI=1S/C10H13ClN4OS/c1-7-8(11)14-10-12-6-13-15(10)9(7)17-5-3-4-16-2/h6H,3-5H2,1-2H3. The largest absolute Gasteiger partial charge is 0.385 e. The summed E-state index contributed by atoms with van der Waals surface area (Å²) < 4.78 is 6.74. The third-order valence-corrected chi connectivity index (χ3v) is 3.90. The molecule has 7 heteroatoms. The van der Waals surface area contributed by atoms with E-state index in [1.165, 1.54) is 6.33 Å². The summed E-state index contributed by atoms with van der Waals surface area (Å²) in [5.74, 6) is 1.49. The van der Waals surface area contributed by atoms with Gasteiger partial charge in [-0.05, 0) is 13.3 Å². The summed E-state index contributed by atoms with van der Waals surface area (Å²) in [6.07, 6.45) is 2.47. The van der Waals surface area contributed by atoms with E-state index >= 15 is 0 Å². The van der Waals surface area contributed by atoms with Crippen molar-refractivity contribution in [3.8, 4) is 0 Å². The molecule has 2 rings (SSSR count). The molecule has 0 aliphatic heterocycles. The zero-order valence-electron chi connectivity index (χ0n) is 9.68. The molecule has 0 spiro atoms. The van der Waals surface area contributed by atoms with Crippen LogP contribution < -0.4 is 0 Å². The first-order chi connectivity index (χ1) is 8.24. The molecule has 0 saturated heterocycles. The minimum absolute atomic E-state index is 0.486. The Labute approximate surface area is 109 Å². The van der Waals surface area contributed by atoms with Gasteiger partial charge in [0.1, 0.15) is 16.5 Å². The van der Waals surface area contributed by atoms with Crippen LogP contribution in [0.4, 0.5) is 0 Å². The van der Waals surface area contributed by atoms with Crippen molar-refractivity contribution in [2.45, 2.75) is 18.4 Å². The average Bonchev–Trinajstić information content (AvgIpc) is 2.76. The van der Waals surface area contributed by atoms with Crippen LogP contribution >= 0.6 is 23.4 Å². The number of nitrogens with zero attached hydrogens (tertiary/aromatic N) is 4. The lowest BCUT2D eigenvalue weighted by Crippen LogP contribution is -2.01. The fourth-order valence-electron chi connectivity index (χ4n) is 1.42. The van der Waals surface area contributed by atoms with Gasteiger partial charge < -0.3 is 4.74 Å². The van der Waals surface area contributed by atoms with Crippen LogP contribution in [0.3, 0.4) is 0 Å². The Hall–Kier alpha value is -0.850. The normalized spacial score (nSPS) is 11.2. The second-order valence-electron chi connectivity index (χ2n) is 3.50. The van der Waals surface area contributed by atoms with Crippen LogP contribution in [0.25, 0.3) is 5.78 Å². The van der Waals surface area contributed by atoms with E-state index in [1.54, 1.807) is 23.4 Å². The van der Waals surface area contributed by atoms with Gasteiger partial charge in [0.2, 0.25) is 0 Å². The molecular weight excluding hydrogens is 260 g/mol. The molecule has 0 aliphatic carbocycles. The minimum Gasteiger partial charge on any atom is -0.385 e. The molecule has 2 aromatic heterocycles. The maximum absolute atomic E-state index is 6.06. The Morgan fingerprint density at radius 1 is 1.53 bits per heavy atom.